The Morgan fingerprint density at radius 1 is 0.900 bits per heavy atom. The van der Waals surface area contributed by atoms with Gasteiger partial charge in [-0.3, -0.25) is 10.1 Å². The molecule has 5 heteroatoms. The molecule has 4 rings (SSSR count). The van der Waals surface area contributed by atoms with Crippen molar-refractivity contribution in [2.45, 2.75) is 13.8 Å². The molecule has 0 aliphatic heterocycles. The van der Waals surface area contributed by atoms with Crippen LogP contribution in [0.2, 0.25) is 0 Å². The van der Waals surface area contributed by atoms with Crippen molar-refractivity contribution in [3.05, 3.63) is 89.3 Å². The number of carbonyl (C=O) groups is 1. The number of ether oxygens (including phenoxy) is 1. The molecule has 150 valence electrons. The minimum atomic E-state index is -0.226. The highest BCUT2D eigenvalue weighted by atomic mass is 32.1. The van der Waals surface area contributed by atoms with Gasteiger partial charge >= 0.3 is 0 Å². The van der Waals surface area contributed by atoms with Crippen LogP contribution in [0.5, 0.6) is 5.75 Å². The standard InChI is InChI=1S/C25H22N2O2S/c1-17-7-6-10-23(18(17)2)29-15-24(28)27-25-26-22(16-30-25)21-13-11-20(12-14-21)19-8-4-3-5-9-19/h3-14,16H,15H2,1-2H3,(H,26,27,28). The Hall–Kier alpha value is -3.44. The first-order valence-corrected chi connectivity index (χ1v) is 10.6. The number of thiazole rings is 1. The molecule has 3 aromatic carbocycles. The van der Waals surface area contributed by atoms with Gasteiger partial charge in [0, 0.05) is 10.9 Å². The Bertz CT molecular complexity index is 1150. The summed E-state index contributed by atoms with van der Waals surface area (Å²) >= 11 is 1.40. The molecule has 0 fully saturated rings. The van der Waals surface area contributed by atoms with E-state index < -0.39 is 0 Å². The summed E-state index contributed by atoms with van der Waals surface area (Å²) in [6.45, 7) is 3.95. The summed E-state index contributed by atoms with van der Waals surface area (Å²) < 4.78 is 5.66. The first-order valence-electron chi connectivity index (χ1n) is 9.70. The van der Waals surface area contributed by atoms with E-state index in [0.29, 0.717) is 5.13 Å². The molecular weight excluding hydrogens is 392 g/mol. The summed E-state index contributed by atoms with van der Waals surface area (Å²) in [5.74, 6) is 0.500. The van der Waals surface area contributed by atoms with E-state index in [1.807, 2.05) is 67.8 Å². The lowest BCUT2D eigenvalue weighted by molar-refractivity contribution is -0.118. The van der Waals surface area contributed by atoms with Crippen LogP contribution in [0.4, 0.5) is 5.13 Å². The third-order valence-corrected chi connectivity index (χ3v) is 5.71. The lowest BCUT2D eigenvalue weighted by atomic mass is 10.0. The van der Waals surface area contributed by atoms with Crippen molar-refractivity contribution in [3.63, 3.8) is 0 Å². The van der Waals surface area contributed by atoms with Crippen LogP contribution in [-0.4, -0.2) is 17.5 Å². The average Bonchev–Trinajstić information content (AvgIpc) is 3.24. The van der Waals surface area contributed by atoms with E-state index in [-0.39, 0.29) is 12.5 Å². The summed E-state index contributed by atoms with van der Waals surface area (Å²) in [6, 6.07) is 24.3. The summed E-state index contributed by atoms with van der Waals surface area (Å²) in [5.41, 5.74) is 6.37. The molecule has 0 atom stereocenters. The van der Waals surface area contributed by atoms with E-state index in [2.05, 4.69) is 34.6 Å². The molecule has 4 nitrogen and oxygen atoms in total. The fraction of sp³-hybridized carbons (Fsp3) is 0.120. The SMILES string of the molecule is Cc1cccc(OCC(=O)Nc2nc(-c3ccc(-c4ccccc4)cc3)cs2)c1C. The summed E-state index contributed by atoms with van der Waals surface area (Å²) in [6.07, 6.45) is 0. The zero-order chi connectivity index (χ0) is 20.9. The van der Waals surface area contributed by atoms with Gasteiger partial charge < -0.3 is 4.74 Å². The Labute approximate surface area is 180 Å². The van der Waals surface area contributed by atoms with Crippen molar-refractivity contribution in [3.8, 4) is 28.1 Å². The van der Waals surface area contributed by atoms with Crippen LogP contribution in [-0.2, 0) is 4.79 Å². The molecule has 0 aliphatic rings. The van der Waals surface area contributed by atoms with E-state index in [1.165, 1.54) is 16.9 Å². The number of nitrogens with zero attached hydrogens (tertiary/aromatic N) is 1. The fourth-order valence-corrected chi connectivity index (χ4v) is 3.84. The van der Waals surface area contributed by atoms with Gasteiger partial charge in [0.05, 0.1) is 5.69 Å². The highest BCUT2D eigenvalue weighted by Crippen LogP contribution is 2.28. The van der Waals surface area contributed by atoms with E-state index in [0.717, 1.165) is 33.7 Å². The summed E-state index contributed by atoms with van der Waals surface area (Å²) in [5, 5.41) is 5.32. The third-order valence-electron chi connectivity index (χ3n) is 4.95. The second-order valence-corrected chi connectivity index (χ2v) is 7.87. The lowest BCUT2D eigenvalue weighted by Gasteiger charge is -2.10. The number of anilines is 1. The average molecular weight is 415 g/mol. The molecule has 0 radical (unpaired) electrons. The number of hydrogen-bond donors (Lipinski definition) is 1. The van der Waals surface area contributed by atoms with Crippen LogP contribution in [0.25, 0.3) is 22.4 Å². The highest BCUT2D eigenvalue weighted by molar-refractivity contribution is 7.14. The Kier molecular flexibility index (Phi) is 5.91. The van der Waals surface area contributed by atoms with Gasteiger partial charge in [0.2, 0.25) is 0 Å². The molecule has 1 amide bonds. The number of carbonyl (C=O) groups excluding carboxylic acids is 1. The number of aromatic nitrogens is 1. The maximum Gasteiger partial charge on any atom is 0.264 e. The molecule has 1 N–H and O–H groups in total. The van der Waals surface area contributed by atoms with Gasteiger partial charge in [-0.1, -0.05) is 66.7 Å². The van der Waals surface area contributed by atoms with E-state index in [1.54, 1.807) is 0 Å². The summed E-state index contributed by atoms with van der Waals surface area (Å²) in [7, 11) is 0. The molecule has 30 heavy (non-hydrogen) atoms. The summed E-state index contributed by atoms with van der Waals surface area (Å²) in [4.78, 5) is 16.8. The molecule has 1 aromatic heterocycles. The molecular formula is C25H22N2O2S. The number of amides is 1. The topological polar surface area (TPSA) is 51.2 Å². The van der Waals surface area contributed by atoms with Crippen LogP contribution in [0.1, 0.15) is 11.1 Å². The largest absolute Gasteiger partial charge is 0.483 e. The van der Waals surface area contributed by atoms with Crippen LogP contribution in [0.3, 0.4) is 0 Å². The Morgan fingerprint density at radius 3 is 2.37 bits per heavy atom. The van der Waals surface area contributed by atoms with E-state index >= 15 is 0 Å². The van der Waals surface area contributed by atoms with E-state index in [4.69, 9.17) is 4.74 Å². The van der Waals surface area contributed by atoms with E-state index in [9.17, 15) is 4.79 Å². The van der Waals surface area contributed by atoms with Gasteiger partial charge in [0.15, 0.2) is 11.7 Å². The second kappa shape index (κ2) is 8.93. The highest BCUT2D eigenvalue weighted by Gasteiger charge is 2.10. The van der Waals surface area contributed by atoms with Crippen molar-refractivity contribution in [1.29, 1.82) is 0 Å². The Morgan fingerprint density at radius 2 is 1.60 bits per heavy atom. The minimum absolute atomic E-state index is 0.0506. The zero-order valence-electron chi connectivity index (χ0n) is 16.9. The van der Waals surface area contributed by atoms with Gasteiger partial charge in [0.25, 0.3) is 5.91 Å². The molecule has 0 spiro atoms. The number of rotatable bonds is 6. The van der Waals surface area contributed by atoms with Crippen LogP contribution in [0, 0.1) is 13.8 Å². The first-order chi connectivity index (χ1) is 14.6. The zero-order valence-corrected chi connectivity index (χ0v) is 17.7. The quantitative estimate of drug-likeness (QED) is 0.414. The van der Waals surface area contributed by atoms with Crippen molar-refractivity contribution < 1.29 is 9.53 Å². The molecule has 0 saturated heterocycles. The third kappa shape index (κ3) is 4.58. The molecule has 0 aliphatic carbocycles. The van der Waals surface area contributed by atoms with Gasteiger partial charge in [-0.05, 0) is 42.2 Å². The maximum atomic E-state index is 12.3. The molecule has 0 unspecified atom stereocenters. The van der Waals surface area contributed by atoms with Crippen molar-refractivity contribution in [2.24, 2.45) is 0 Å². The minimum Gasteiger partial charge on any atom is -0.483 e. The predicted octanol–water partition coefficient (Wildman–Crippen LogP) is 6.11. The van der Waals surface area contributed by atoms with Crippen molar-refractivity contribution >= 4 is 22.4 Å². The van der Waals surface area contributed by atoms with Gasteiger partial charge in [0.1, 0.15) is 5.75 Å². The number of nitrogens with one attached hydrogen (secondary N) is 1. The molecule has 0 bridgehead atoms. The molecule has 4 aromatic rings. The van der Waals surface area contributed by atoms with Crippen molar-refractivity contribution in [2.75, 3.05) is 11.9 Å². The van der Waals surface area contributed by atoms with Gasteiger partial charge in [-0.25, -0.2) is 4.98 Å². The van der Waals surface area contributed by atoms with Crippen LogP contribution >= 0.6 is 11.3 Å². The smallest absolute Gasteiger partial charge is 0.264 e. The van der Waals surface area contributed by atoms with Gasteiger partial charge in [-0.2, -0.15) is 0 Å². The Balaban J connectivity index is 1.38. The van der Waals surface area contributed by atoms with Gasteiger partial charge in [-0.15, -0.1) is 11.3 Å². The number of benzene rings is 3. The maximum absolute atomic E-state index is 12.3. The number of aryl methyl sites for hydroxylation is 1. The lowest BCUT2D eigenvalue weighted by Crippen LogP contribution is -2.20. The van der Waals surface area contributed by atoms with Crippen molar-refractivity contribution in [1.82, 2.24) is 4.98 Å². The van der Waals surface area contributed by atoms with Crippen LogP contribution < -0.4 is 10.1 Å². The van der Waals surface area contributed by atoms with Crippen LogP contribution in [0.15, 0.2) is 78.2 Å². The first kappa shape index (κ1) is 19.9. The molecule has 0 saturated carbocycles. The second-order valence-electron chi connectivity index (χ2n) is 7.02. The monoisotopic (exact) mass is 414 g/mol. The normalized spacial score (nSPS) is 10.6. The molecule has 1 heterocycles. The predicted molar refractivity (Wildman–Crippen MR) is 123 cm³/mol. The number of hydrogen-bond acceptors (Lipinski definition) is 4. The fourth-order valence-electron chi connectivity index (χ4n) is 3.11.